The summed E-state index contributed by atoms with van der Waals surface area (Å²) in [6, 6.07) is 11.9. The van der Waals surface area contributed by atoms with Crippen molar-refractivity contribution in [3.05, 3.63) is 54.4 Å². The van der Waals surface area contributed by atoms with Crippen LogP contribution in [-0.2, 0) is 11.3 Å². The van der Waals surface area contributed by atoms with E-state index >= 15 is 0 Å². The number of aromatic nitrogens is 5. The van der Waals surface area contributed by atoms with Crippen molar-refractivity contribution in [1.29, 1.82) is 0 Å². The summed E-state index contributed by atoms with van der Waals surface area (Å²) in [5.74, 6) is 2.13. The molecule has 0 saturated carbocycles. The lowest BCUT2D eigenvalue weighted by Gasteiger charge is -2.29. The number of nitrogen functional groups attached to an aromatic ring is 1. The molecule has 6 rings (SSSR count). The summed E-state index contributed by atoms with van der Waals surface area (Å²) in [7, 11) is 3.66. The Hall–Kier alpha value is -4.38. The molecule has 1 fully saturated rings. The Morgan fingerprint density at radius 2 is 1.94 bits per heavy atom. The van der Waals surface area contributed by atoms with Crippen molar-refractivity contribution in [3.63, 3.8) is 0 Å². The van der Waals surface area contributed by atoms with Crippen LogP contribution in [0.5, 0.6) is 5.88 Å². The second-order valence-corrected chi connectivity index (χ2v) is 8.74. The number of fused-ring (bicyclic) bond motifs is 3. The summed E-state index contributed by atoms with van der Waals surface area (Å²) in [4.78, 5) is 18.0. The number of morpholine rings is 1. The minimum Gasteiger partial charge on any atom is -0.479 e. The molecule has 0 amide bonds. The van der Waals surface area contributed by atoms with E-state index < -0.39 is 0 Å². The van der Waals surface area contributed by atoms with E-state index in [1.54, 1.807) is 24.1 Å². The molecule has 1 aromatic carbocycles. The summed E-state index contributed by atoms with van der Waals surface area (Å²) >= 11 is 0. The Balaban J connectivity index is 1.30. The average molecular weight is 486 g/mol. The molecule has 4 aromatic rings. The highest BCUT2D eigenvalue weighted by Crippen LogP contribution is 2.37. The van der Waals surface area contributed by atoms with Crippen LogP contribution in [0.1, 0.15) is 5.56 Å². The first kappa shape index (κ1) is 22.1. The smallest absolute Gasteiger partial charge is 0.239 e. The molecular formula is C25H27N9O2. The fourth-order valence-electron chi connectivity index (χ4n) is 4.65. The first-order chi connectivity index (χ1) is 17.6. The number of hydrogen-bond acceptors (Lipinski definition) is 10. The number of pyridine rings is 1. The SMILES string of the molecule is COc1nc(N2CCOCC2)c(N)cc1Nc1nccc(-n2cc3c(n2)-c2ccccc2N(C)C3)n1. The van der Waals surface area contributed by atoms with Gasteiger partial charge >= 0.3 is 0 Å². The Morgan fingerprint density at radius 1 is 1.11 bits per heavy atom. The molecule has 5 heterocycles. The van der Waals surface area contributed by atoms with E-state index in [0.29, 0.717) is 48.1 Å². The van der Waals surface area contributed by atoms with Crippen molar-refractivity contribution in [2.45, 2.75) is 6.54 Å². The molecular weight excluding hydrogens is 458 g/mol. The third-order valence-corrected chi connectivity index (χ3v) is 6.39. The number of benzene rings is 1. The van der Waals surface area contributed by atoms with Crippen molar-refractivity contribution in [2.75, 3.05) is 61.3 Å². The largest absolute Gasteiger partial charge is 0.479 e. The topological polar surface area (TPSA) is 119 Å². The standard InChI is InChI=1S/C25H27N9O2/c1-32-14-16-15-34(31-22(16)17-5-3-4-6-20(17)32)21-7-8-27-25(29-21)28-19-13-18(26)23(30-24(19)35-2)33-9-11-36-12-10-33/h3-8,13,15H,9-12,14,26H2,1-2H3,(H,27,28,29). The van der Waals surface area contributed by atoms with E-state index in [1.165, 1.54) is 0 Å². The Morgan fingerprint density at radius 3 is 2.78 bits per heavy atom. The van der Waals surface area contributed by atoms with E-state index in [-0.39, 0.29) is 0 Å². The number of rotatable bonds is 5. The number of ether oxygens (including phenoxy) is 2. The van der Waals surface area contributed by atoms with Gasteiger partial charge in [0.05, 0.1) is 31.7 Å². The predicted molar refractivity (Wildman–Crippen MR) is 138 cm³/mol. The van der Waals surface area contributed by atoms with Gasteiger partial charge in [0.15, 0.2) is 11.6 Å². The maximum Gasteiger partial charge on any atom is 0.239 e. The third kappa shape index (κ3) is 3.93. The van der Waals surface area contributed by atoms with E-state index in [0.717, 1.165) is 42.1 Å². The quantitative estimate of drug-likeness (QED) is 0.437. The van der Waals surface area contributed by atoms with Gasteiger partial charge < -0.3 is 30.3 Å². The molecule has 0 unspecified atom stereocenters. The molecule has 0 bridgehead atoms. The van der Waals surface area contributed by atoms with Crippen LogP contribution in [0.25, 0.3) is 17.1 Å². The van der Waals surface area contributed by atoms with Crippen LogP contribution in [0.15, 0.2) is 48.8 Å². The Kier molecular flexibility index (Phi) is 5.53. The minimum atomic E-state index is 0.386. The Bertz CT molecular complexity index is 1410. The van der Waals surface area contributed by atoms with Crippen LogP contribution in [0.4, 0.5) is 28.8 Å². The second-order valence-electron chi connectivity index (χ2n) is 8.74. The van der Waals surface area contributed by atoms with Crippen LogP contribution < -0.4 is 25.6 Å². The highest BCUT2D eigenvalue weighted by atomic mass is 16.5. The summed E-state index contributed by atoms with van der Waals surface area (Å²) < 4.78 is 12.8. The second kappa shape index (κ2) is 9.00. The molecule has 0 aliphatic carbocycles. The van der Waals surface area contributed by atoms with Crippen molar-refractivity contribution < 1.29 is 9.47 Å². The molecule has 36 heavy (non-hydrogen) atoms. The van der Waals surface area contributed by atoms with Crippen LogP contribution in [0.3, 0.4) is 0 Å². The molecule has 0 spiro atoms. The van der Waals surface area contributed by atoms with Crippen LogP contribution >= 0.6 is 0 Å². The summed E-state index contributed by atoms with van der Waals surface area (Å²) in [5, 5.41) is 8.06. The average Bonchev–Trinajstić information content (AvgIpc) is 3.34. The van der Waals surface area contributed by atoms with Gasteiger partial charge in [0.2, 0.25) is 11.8 Å². The van der Waals surface area contributed by atoms with Crippen molar-refractivity contribution in [3.8, 4) is 23.0 Å². The predicted octanol–water partition coefficient (Wildman–Crippen LogP) is 2.85. The molecule has 1 saturated heterocycles. The van der Waals surface area contributed by atoms with Gasteiger partial charge in [-0.15, -0.1) is 0 Å². The number of para-hydroxylation sites is 1. The lowest BCUT2D eigenvalue weighted by molar-refractivity contribution is 0.122. The van der Waals surface area contributed by atoms with Gasteiger partial charge in [0, 0.05) is 62.0 Å². The zero-order valence-electron chi connectivity index (χ0n) is 20.2. The fourth-order valence-corrected chi connectivity index (χ4v) is 4.65. The molecule has 2 aliphatic heterocycles. The first-order valence-corrected chi connectivity index (χ1v) is 11.8. The van der Waals surface area contributed by atoms with Gasteiger partial charge in [-0.2, -0.15) is 15.1 Å². The molecule has 0 radical (unpaired) electrons. The summed E-state index contributed by atoms with van der Waals surface area (Å²) in [6.07, 6.45) is 3.71. The molecule has 11 heteroatoms. The van der Waals surface area contributed by atoms with Crippen molar-refractivity contribution in [2.24, 2.45) is 0 Å². The zero-order chi connectivity index (χ0) is 24.6. The van der Waals surface area contributed by atoms with E-state index in [4.69, 9.17) is 20.3 Å². The van der Waals surface area contributed by atoms with Gasteiger partial charge in [-0.3, -0.25) is 0 Å². The first-order valence-electron chi connectivity index (χ1n) is 11.8. The molecule has 184 valence electrons. The monoisotopic (exact) mass is 485 g/mol. The highest BCUT2D eigenvalue weighted by molar-refractivity contribution is 5.81. The van der Waals surface area contributed by atoms with Gasteiger partial charge in [-0.05, 0) is 12.1 Å². The van der Waals surface area contributed by atoms with E-state index in [2.05, 4.69) is 49.2 Å². The maximum absolute atomic E-state index is 6.36. The van der Waals surface area contributed by atoms with Crippen LogP contribution in [0.2, 0.25) is 0 Å². The maximum atomic E-state index is 6.36. The van der Waals surface area contributed by atoms with Crippen molar-refractivity contribution in [1.82, 2.24) is 24.7 Å². The van der Waals surface area contributed by atoms with Crippen LogP contribution in [0, 0.1) is 0 Å². The number of anilines is 5. The lowest BCUT2D eigenvalue weighted by atomic mass is 10.0. The summed E-state index contributed by atoms with van der Waals surface area (Å²) in [6.45, 7) is 3.52. The molecule has 3 aromatic heterocycles. The number of nitrogens with zero attached hydrogens (tertiary/aromatic N) is 7. The number of nitrogens with one attached hydrogen (secondary N) is 1. The van der Waals surface area contributed by atoms with Crippen LogP contribution in [-0.4, -0.2) is 65.2 Å². The fraction of sp³-hybridized carbons (Fsp3) is 0.280. The van der Waals surface area contributed by atoms with Gasteiger partial charge in [0.25, 0.3) is 0 Å². The molecule has 3 N–H and O–H groups in total. The molecule has 2 aliphatic rings. The van der Waals surface area contributed by atoms with Crippen molar-refractivity contribution >= 4 is 28.8 Å². The van der Waals surface area contributed by atoms with Gasteiger partial charge in [0.1, 0.15) is 5.69 Å². The number of hydrogen-bond donors (Lipinski definition) is 2. The lowest BCUT2D eigenvalue weighted by Crippen LogP contribution is -2.37. The van der Waals surface area contributed by atoms with E-state index in [9.17, 15) is 0 Å². The Labute approximate surface area is 208 Å². The third-order valence-electron chi connectivity index (χ3n) is 6.39. The minimum absolute atomic E-state index is 0.386. The summed E-state index contributed by atoms with van der Waals surface area (Å²) in [5.41, 5.74) is 11.9. The van der Waals surface area contributed by atoms with Gasteiger partial charge in [-0.25, -0.2) is 9.67 Å². The number of nitrogens with two attached hydrogens (primary N) is 1. The normalized spacial score (nSPS) is 14.8. The molecule has 11 nitrogen and oxygen atoms in total. The van der Waals surface area contributed by atoms with Gasteiger partial charge in [-0.1, -0.05) is 18.2 Å². The van der Waals surface area contributed by atoms with E-state index in [1.807, 2.05) is 24.4 Å². The molecule has 0 atom stereocenters. The zero-order valence-corrected chi connectivity index (χ0v) is 20.2. The number of methoxy groups -OCH3 is 1. The highest BCUT2D eigenvalue weighted by Gasteiger charge is 2.23.